The summed E-state index contributed by atoms with van der Waals surface area (Å²) in [6.45, 7) is 0. The summed E-state index contributed by atoms with van der Waals surface area (Å²) in [7, 11) is 0. The van der Waals surface area contributed by atoms with Crippen LogP contribution in [-0.4, -0.2) is 20.2 Å². The van der Waals surface area contributed by atoms with Crippen molar-refractivity contribution >= 4 is 24.8 Å². The van der Waals surface area contributed by atoms with Gasteiger partial charge in [-0.1, -0.05) is 16.4 Å². The molecule has 0 radical (unpaired) electrons. The highest BCUT2D eigenvalue weighted by atomic mass is 32.1. The van der Waals surface area contributed by atoms with Crippen LogP contribution in [0.3, 0.4) is 0 Å². The second kappa shape index (κ2) is 3.31. The van der Waals surface area contributed by atoms with Crippen molar-refractivity contribution in [1.82, 2.24) is 20.2 Å². The predicted molar refractivity (Wildman–Crippen MR) is 53.8 cm³/mol. The van der Waals surface area contributed by atoms with E-state index < -0.39 is 0 Å². The molecule has 0 saturated heterocycles. The van der Waals surface area contributed by atoms with Gasteiger partial charge in [0.05, 0.1) is 5.69 Å². The van der Waals surface area contributed by atoms with Crippen molar-refractivity contribution in [3.8, 4) is 5.69 Å². The first kappa shape index (κ1) is 8.46. The lowest BCUT2D eigenvalue weighted by Crippen LogP contribution is -1.96. The van der Waals surface area contributed by atoms with Crippen molar-refractivity contribution in [3.63, 3.8) is 0 Å². The molecule has 1 aromatic heterocycles. The van der Waals surface area contributed by atoms with E-state index in [0.29, 0.717) is 4.77 Å². The van der Waals surface area contributed by atoms with Gasteiger partial charge in [0.15, 0.2) is 0 Å². The van der Waals surface area contributed by atoms with E-state index in [1.54, 1.807) is 4.68 Å². The summed E-state index contributed by atoms with van der Waals surface area (Å²) in [5.41, 5.74) is 0.877. The summed E-state index contributed by atoms with van der Waals surface area (Å²) in [5.74, 6) is 0. The van der Waals surface area contributed by atoms with Gasteiger partial charge >= 0.3 is 0 Å². The van der Waals surface area contributed by atoms with E-state index >= 15 is 0 Å². The Bertz CT molecular complexity index is 473. The van der Waals surface area contributed by atoms with Crippen molar-refractivity contribution in [2.75, 3.05) is 0 Å². The minimum atomic E-state index is 0.402. The van der Waals surface area contributed by atoms with E-state index in [0.717, 1.165) is 10.6 Å². The van der Waals surface area contributed by atoms with Gasteiger partial charge in [-0.2, -0.15) is 5.21 Å². The maximum Gasteiger partial charge on any atom is 0.242 e. The molecule has 0 atom stereocenters. The Balaban J connectivity index is 2.59. The third-order valence-corrected chi connectivity index (χ3v) is 2.10. The minimum absolute atomic E-state index is 0.402. The van der Waals surface area contributed by atoms with Crippen molar-refractivity contribution in [3.05, 3.63) is 29.0 Å². The summed E-state index contributed by atoms with van der Waals surface area (Å²) in [4.78, 5) is 0.869. The first-order valence-electron chi connectivity index (χ1n) is 3.57. The zero-order chi connectivity index (χ0) is 9.26. The predicted octanol–water partition coefficient (Wildman–Crippen LogP) is 1.61. The fourth-order valence-corrected chi connectivity index (χ4v) is 1.40. The van der Waals surface area contributed by atoms with E-state index in [4.69, 9.17) is 12.2 Å². The number of benzene rings is 1. The smallest absolute Gasteiger partial charge is 0.210 e. The van der Waals surface area contributed by atoms with Crippen molar-refractivity contribution in [2.45, 2.75) is 4.90 Å². The van der Waals surface area contributed by atoms with E-state index in [9.17, 15) is 0 Å². The third-order valence-electron chi connectivity index (χ3n) is 1.56. The molecule has 6 heteroatoms. The molecule has 0 spiro atoms. The molecule has 2 aromatic rings. The zero-order valence-corrected chi connectivity index (χ0v) is 8.22. The fraction of sp³-hybridized carbons (Fsp3) is 0. The van der Waals surface area contributed by atoms with Gasteiger partial charge < -0.3 is 0 Å². The van der Waals surface area contributed by atoms with Gasteiger partial charge in [0.1, 0.15) is 0 Å². The summed E-state index contributed by atoms with van der Waals surface area (Å²) >= 11 is 9.16. The van der Waals surface area contributed by atoms with E-state index in [2.05, 4.69) is 28.2 Å². The highest BCUT2D eigenvalue weighted by molar-refractivity contribution is 7.80. The Morgan fingerprint density at radius 1 is 1.46 bits per heavy atom. The minimum Gasteiger partial charge on any atom is -0.210 e. The van der Waals surface area contributed by atoms with Crippen molar-refractivity contribution in [2.24, 2.45) is 0 Å². The number of nitrogens with zero attached hydrogens (tertiary/aromatic N) is 3. The number of rotatable bonds is 1. The molecule has 0 fully saturated rings. The largest absolute Gasteiger partial charge is 0.242 e. The molecule has 4 nitrogen and oxygen atoms in total. The van der Waals surface area contributed by atoms with Crippen LogP contribution in [0.25, 0.3) is 5.69 Å². The van der Waals surface area contributed by atoms with Crippen LogP contribution >= 0.6 is 24.8 Å². The molecule has 0 aliphatic heterocycles. The van der Waals surface area contributed by atoms with Crippen LogP contribution in [0.2, 0.25) is 0 Å². The van der Waals surface area contributed by atoms with Gasteiger partial charge in [0.2, 0.25) is 4.77 Å². The Morgan fingerprint density at radius 3 is 2.92 bits per heavy atom. The first-order valence-corrected chi connectivity index (χ1v) is 4.42. The topological polar surface area (TPSA) is 46.5 Å². The molecular formula is C7H6N4S2. The normalized spacial score (nSPS) is 10.2. The van der Waals surface area contributed by atoms with Gasteiger partial charge in [-0.25, -0.2) is 4.68 Å². The van der Waals surface area contributed by atoms with Crippen LogP contribution < -0.4 is 0 Å². The monoisotopic (exact) mass is 210 g/mol. The van der Waals surface area contributed by atoms with Crippen LogP contribution in [0.1, 0.15) is 0 Å². The molecule has 0 aliphatic rings. The standard InChI is InChI=1S/C7H6N4S2/c12-6-3-1-2-5(4-6)11-7(13)8-9-10-11/h1-4,12H,(H,8,10,13). The van der Waals surface area contributed by atoms with Crippen LogP contribution in [0.4, 0.5) is 0 Å². The maximum absolute atomic E-state index is 4.94. The van der Waals surface area contributed by atoms with Crippen LogP contribution in [0.5, 0.6) is 0 Å². The first-order chi connectivity index (χ1) is 6.27. The SMILES string of the molecule is S=c1nn[nH]n1-c1cccc(S)c1. The van der Waals surface area contributed by atoms with Crippen LogP contribution in [0.15, 0.2) is 29.2 Å². The lowest BCUT2D eigenvalue weighted by molar-refractivity contribution is 0.784. The Hall–Kier alpha value is -1.14. The number of H-pyrrole nitrogens is 1. The quantitative estimate of drug-likeness (QED) is 0.555. The highest BCUT2D eigenvalue weighted by Gasteiger charge is 1.98. The van der Waals surface area contributed by atoms with Gasteiger partial charge in [-0.05, 0) is 30.4 Å². The van der Waals surface area contributed by atoms with E-state index in [-0.39, 0.29) is 0 Å². The second-order valence-electron chi connectivity index (χ2n) is 2.44. The Kier molecular flexibility index (Phi) is 2.15. The second-order valence-corrected chi connectivity index (χ2v) is 3.32. The maximum atomic E-state index is 4.94. The number of hydrogen-bond acceptors (Lipinski definition) is 4. The number of aromatic amines is 1. The lowest BCUT2D eigenvalue weighted by Gasteiger charge is -1.99. The summed E-state index contributed by atoms with van der Waals surface area (Å²) in [6.07, 6.45) is 0. The molecule has 1 heterocycles. The zero-order valence-electron chi connectivity index (χ0n) is 6.51. The van der Waals surface area contributed by atoms with Gasteiger partial charge in [-0.15, -0.1) is 12.6 Å². The number of thiol groups is 1. The van der Waals surface area contributed by atoms with Crippen molar-refractivity contribution in [1.29, 1.82) is 0 Å². The number of aromatic nitrogens is 4. The van der Waals surface area contributed by atoms with Gasteiger partial charge in [0.25, 0.3) is 0 Å². The van der Waals surface area contributed by atoms with Gasteiger partial charge in [-0.3, -0.25) is 0 Å². The average Bonchev–Trinajstić information content (AvgIpc) is 2.51. The lowest BCUT2D eigenvalue weighted by atomic mass is 10.3. The molecule has 1 N–H and O–H groups in total. The molecule has 66 valence electrons. The third kappa shape index (κ3) is 1.63. The van der Waals surface area contributed by atoms with Gasteiger partial charge in [0, 0.05) is 4.90 Å². The molecule has 1 aromatic carbocycles. The molecule has 2 rings (SSSR count). The summed E-state index contributed by atoms with van der Waals surface area (Å²) in [6, 6.07) is 7.55. The average molecular weight is 210 g/mol. The fourth-order valence-electron chi connectivity index (χ4n) is 0.998. The molecule has 0 amide bonds. The van der Waals surface area contributed by atoms with E-state index in [1.165, 1.54) is 0 Å². The number of tetrazole rings is 1. The number of nitrogens with one attached hydrogen (secondary N) is 1. The number of hydrogen-bond donors (Lipinski definition) is 2. The summed E-state index contributed by atoms with van der Waals surface area (Å²) in [5, 5.41) is 9.92. The van der Waals surface area contributed by atoms with Crippen molar-refractivity contribution < 1.29 is 0 Å². The molecule has 0 unspecified atom stereocenters. The molecule has 0 saturated carbocycles. The Labute approximate surface area is 85.0 Å². The molecule has 13 heavy (non-hydrogen) atoms. The Morgan fingerprint density at radius 2 is 2.31 bits per heavy atom. The summed E-state index contributed by atoms with van der Waals surface area (Å²) < 4.78 is 2.01. The molecule has 0 bridgehead atoms. The highest BCUT2D eigenvalue weighted by Crippen LogP contribution is 2.11. The molecule has 0 aliphatic carbocycles. The van der Waals surface area contributed by atoms with E-state index in [1.807, 2.05) is 24.3 Å². The van der Waals surface area contributed by atoms with Crippen LogP contribution in [-0.2, 0) is 0 Å². The van der Waals surface area contributed by atoms with Crippen LogP contribution in [0, 0.1) is 4.77 Å². The molecular weight excluding hydrogens is 204 g/mol.